The Labute approximate surface area is 78.1 Å². The van der Waals surface area contributed by atoms with E-state index in [1.54, 1.807) is 13.3 Å². The van der Waals surface area contributed by atoms with Gasteiger partial charge in [-0.1, -0.05) is 0 Å². The van der Waals surface area contributed by atoms with Gasteiger partial charge in [0.05, 0.1) is 0 Å². The molecule has 0 aliphatic rings. The number of rotatable bonds is 2. The van der Waals surface area contributed by atoms with Gasteiger partial charge in [-0.3, -0.25) is 0 Å². The summed E-state index contributed by atoms with van der Waals surface area (Å²) >= 11 is -0.0855. The summed E-state index contributed by atoms with van der Waals surface area (Å²) in [7, 11) is 1.73. The first-order chi connectivity index (χ1) is 5.88. The first-order valence-corrected chi connectivity index (χ1v) is 5.17. The van der Waals surface area contributed by atoms with Crippen LogP contribution in [0.3, 0.4) is 0 Å². The van der Waals surface area contributed by atoms with Crippen LogP contribution in [0.25, 0.3) is 0 Å². The molecule has 0 bridgehead atoms. The maximum atomic E-state index is 8.55. The molecule has 1 aromatic rings. The molecule has 0 aliphatic heterocycles. The molecule has 0 saturated carbocycles. The van der Waals surface area contributed by atoms with E-state index in [-0.39, 0.29) is 15.0 Å². The Balaban J connectivity index is 3.01. The first kappa shape index (κ1) is 8.99. The van der Waals surface area contributed by atoms with Crippen molar-refractivity contribution in [1.82, 2.24) is 0 Å². The Kier molecular flexibility index (Phi) is 3.53. The molecule has 0 radical (unpaired) electrons. The van der Waals surface area contributed by atoms with Crippen LogP contribution in [0.5, 0.6) is 0 Å². The van der Waals surface area contributed by atoms with Gasteiger partial charge in [0.2, 0.25) is 0 Å². The molecule has 0 saturated heterocycles. The van der Waals surface area contributed by atoms with Crippen LogP contribution in [0.2, 0.25) is 0 Å². The molecule has 1 rings (SSSR count). The van der Waals surface area contributed by atoms with Crippen molar-refractivity contribution in [3.05, 3.63) is 29.8 Å². The van der Waals surface area contributed by atoms with Crippen LogP contribution in [-0.4, -0.2) is 28.2 Å². The normalized spacial score (nSPS) is 10.0. The van der Waals surface area contributed by atoms with Crippen LogP contribution in [0.15, 0.2) is 29.3 Å². The molecule has 0 aliphatic carbocycles. The SMILES string of the molecule is CN=Cc1ccccc1[Se]C#N. The van der Waals surface area contributed by atoms with Gasteiger partial charge in [-0.25, -0.2) is 0 Å². The monoisotopic (exact) mass is 224 g/mol. The summed E-state index contributed by atoms with van der Waals surface area (Å²) in [6, 6.07) is 7.84. The summed E-state index contributed by atoms with van der Waals surface area (Å²) in [6.07, 6.45) is 1.79. The molecular formula is C9H8N2Se. The summed E-state index contributed by atoms with van der Waals surface area (Å²) in [4.78, 5) is 6.11. The van der Waals surface area contributed by atoms with Crippen molar-refractivity contribution in [3.8, 4) is 4.97 Å². The van der Waals surface area contributed by atoms with Crippen molar-refractivity contribution in [2.24, 2.45) is 4.99 Å². The Hall–Kier alpha value is -1.10. The molecule has 0 spiro atoms. The van der Waals surface area contributed by atoms with Crippen molar-refractivity contribution in [1.29, 1.82) is 5.26 Å². The molecule has 0 aromatic heterocycles. The molecule has 0 atom stereocenters. The molecule has 1 aromatic carbocycles. The van der Waals surface area contributed by atoms with E-state index in [2.05, 4.69) is 9.96 Å². The van der Waals surface area contributed by atoms with Gasteiger partial charge in [0.25, 0.3) is 0 Å². The maximum absolute atomic E-state index is 8.55. The Morgan fingerprint density at radius 3 is 2.92 bits per heavy atom. The van der Waals surface area contributed by atoms with Crippen LogP contribution in [0.1, 0.15) is 5.56 Å². The summed E-state index contributed by atoms with van der Waals surface area (Å²) in [6.45, 7) is 0. The molecule has 0 amide bonds. The zero-order valence-corrected chi connectivity index (χ0v) is 8.40. The molecular weight excluding hydrogens is 215 g/mol. The first-order valence-electron chi connectivity index (χ1n) is 3.45. The van der Waals surface area contributed by atoms with E-state index in [9.17, 15) is 0 Å². The molecule has 2 nitrogen and oxygen atoms in total. The number of hydrogen-bond acceptors (Lipinski definition) is 2. The predicted octanol–water partition coefficient (Wildman–Crippen LogP) is 0.546. The fraction of sp³-hybridized carbons (Fsp3) is 0.111. The third-order valence-corrected chi connectivity index (χ3v) is 2.78. The molecule has 0 heterocycles. The van der Waals surface area contributed by atoms with Crippen LogP contribution >= 0.6 is 0 Å². The third kappa shape index (κ3) is 2.20. The Bertz CT molecular complexity index is 326. The van der Waals surface area contributed by atoms with Crippen LogP contribution in [0, 0.1) is 10.2 Å². The molecule has 0 unspecified atom stereocenters. The van der Waals surface area contributed by atoms with Crippen LogP contribution in [0.4, 0.5) is 0 Å². The van der Waals surface area contributed by atoms with Gasteiger partial charge in [0, 0.05) is 0 Å². The van der Waals surface area contributed by atoms with Gasteiger partial charge in [-0.05, 0) is 0 Å². The van der Waals surface area contributed by atoms with Crippen molar-refractivity contribution in [2.45, 2.75) is 0 Å². The van der Waals surface area contributed by atoms with Crippen LogP contribution in [-0.2, 0) is 0 Å². The molecule has 12 heavy (non-hydrogen) atoms. The van der Waals surface area contributed by atoms with Gasteiger partial charge in [0.1, 0.15) is 0 Å². The summed E-state index contributed by atoms with van der Waals surface area (Å²) in [5.41, 5.74) is 1.06. The van der Waals surface area contributed by atoms with Crippen LogP contribution < -0.4 is 4.46 Å². The summed E-state index contributed by atoms with van der Waals surface area (Å²) < 4.78 is 1.10. The second-order valence-electron chi connectivity index (χ2n) is 2.12. The predicted molar refractivity (Wildman–Crippen MR) is 51.0 cm³/mol. The molecule has 60 valence electrons. The van der Waals surface area contributed by atoms with Crippen molar-refractivity contribution in [3.63, 3.8) is 0 Å². The van der Waals surface area contributed by atoms with Gasteiger partial charge in [-0.15, -0.1) is 0 Å². The fourth-order valence-corrected chi connectivity index (χ4v) is 1.88. The van der Waals surface area contributed by atoms with Gasteiger partial charge >= 0.3 is 77.7 Å². The summed E-state index contributed by atoms with van der Waals surface area (Å²) in [5.74, 6) is 0. The van der Waals surface area contributed by atoms with Gasteiger partial charge in [-0.2, -0.15) is 0 Å². The molecule has 3 heteroatoms. The number of benzene rings is 1. The zero-order valence-electron chi connectivity index (χ0n) is 6.69. The minimum atomic E-state index is -0.0855. The van der Waals surface area contributed by atoms with E-state index >= 15 is 0 Å². The number of nitriles is 1. The van der Waals surface area contributed by atoms with E-state index in [0.29, 0.717) is 0 Å². The van der Waals surface area contributed by atoms with E-state index in [0.717, 1.165) is 10.0 Å². The number of aliphatic imine (C=N–C) groups is 1. The molecule has 0 N–H and O–H groups in total. The average Bonchev–Trinajstić information content (AvgIpc) is 2.09. The topological polar surface area (TPSA) is 36.1 Å². The van der Waals surface area contributed by atoms with Crippen molar-refractivity contribution < 1.29 is 0 Å². The van der Waals surface area contributed by atoms with E-state index < -0.39 is 0 Å². The van der Waals surface area contributed by atoms with E-state index in [1.165, 1.54) is 0 Å². The Morgan fingerprint density at radius 2 is 2.25 bits per heavy atom. The number of hydrogen-bond donors (Lipinski definition) is 0. The Morgan fingerprint density at radius 1 is 1.50 bits per heavy atom. The van der Waals surface area contributed by atoms with E-state index in [4.69, 9.17) is 5.26 Å². The standard InChI is InChI=1S/C9H8N2Se/c1-11-6-8-4-2-3-5-9(8)12-7-10/h2-6H,1H3. The summed E-state index contributed by atoms with van der Waals surface area (Å²) in [5, 5.41) is 8.55. The van der Waals surface area contributed by atoms with Gasteiger partial charge in [0.15, 0.2) is 0 Å². The molecule has 0 fully saturated rings. The fourth-order valence-electron chi connectivity index (χ4n) is 0.868. The zero-order chi connectivity index (χ0) is 8.81. The van der Waals surface area contributed by atoms with Gasteiger partial charge < -0.3 is 0 Å². The number of nitrogens with zero attached hydrogens (tertiary/aromatic N) is 2. The second-order valence-corrected chi connectivity index (χ2v) is 3.85. The van der Waals surface area contributed by atoms with Crippen molar-refractivity contribution >= 4 is 25.6 Å². The average molecular weight is 223 g/mol. The second kappa shape index (κ2) is 4.71. The van der Waals surface area contributed by atoms with E-state index in [1.807, 2.05) is 24.3 Å². The quantitative estimate of drug-likeness (QED) is 0.532. The van der Waals surface area contributed by atoms with Crippen molar-refractivity contribution in [2.75, 3.05) is 7.05 Å². The third-order valence-electron chi connectivity index (χ3n) is 1.34. The minimum absolute atomic E-state index is 0.0855.